The summed E-state index contributed by atoms with van der Waals surface area (Å²) in [6.45, 7) is 3.84. The van der Waals surface area contributed by atoms with Crippen molar-refractivity contribution in [3.05, 3.63) is 42.0 Å². The van der Waals surface area contributed by atoms with E-state index < -0.39 is 9.84 Å². The number of nitrogens with zero attached hydrogens (tertiary/aromatic N) is 2. The Morgan fingerprint density at radius 1 is 1.12 bits per heavy atom. The second kappa shape index (κ2) is 4.00. The number of hydrogen-bond acceptors (Lipinski definition) is 3. The Kier molecular flexibility index (Phi) is 2.79. The Labute approximate surface area is 101 Å². The first-order valence-corrected chi connectivity index (χ1v) is 7.10. The third-order valence-corrected chi connectivity index (χ3v) is 3.67. The van der Waals surface area contributed by atoms with E-state index in [2.05, 4.69) is 4.98 Å². The van der Waals surface area contributed by atoms with Crippen LogP contribution >= 0.6 is 0 Å². The van der Waals surface area contributed by atoms with Crippen LogP contribution in [0.3, 0.4) is 0 Å². The average molecular weight is 250 g/mol. The lowest BCUT2D eigenvalue weighted by Gasteiger charge is -2.05. The van der Waals surface area contributed by atoms with E-state index in [1.165, 1.54) is 6.26 Å². The van der Waals surface area contributed by atoms with Gasteiger partial charge in [0, 0.05) is 18.1 Å². The first-order valence-electron chi connectivity index (χ1n) is 5.21. The molecule has 0 spiro atoms. The first kappa shape index (κ1) is 11.9. The number of rotatable bonds is 2. The van der Waals surface area contributed by atoms with Gasteiger partial charge in [0.15, 0.2) is 9.84 Å². The Hall–Kier alpha value is -1.62. The highest BCUT2D eigenvalue weighted by Crippen LogP contribution is 2.15. The molecule has 0 saturated heterocycles. The molecular formula is C12H14N2O2S. The molecule has 5 heteroatoms. The van der Waals surface area contributed by atoms with Gasteiger partial charge in [-0.2, -0.15) is 0 Å². The van der Waals surface area contributed by atoms with E-state index in [-0.39, 0.29) is 0 Å². The van der Waals surface area contributed by atoms with Gasteiger partial charge < -0.3 is 4.57 Å². The molecule has 0 aliphatic heterocycles. The molecule has 0 radical (unpaired) electrons. The molecule has 0 saturated carbocycles. The predicted octanol–water partition coefficient (Wildman–Crippen LogP) is 1.89. The van der Waals surface area contributed by atoms with Crippen LogP contribution < -0.4 is 0 Å². The van der Waals surface area contributed by atoms with E-state index in [0.717, 1.165) is 17.2 Å². The van der Waals surface area contributed by atoms with Crippen molar-refractivity contribution < 1.29 is 8.42 Å². The summed E-state index contributed by atoms with van der Waals surface area (Å²) in [6, 6.07) is 6.79. The van der Waals surface area contributed by atoms with Crippen LogP contribution in [0.25, 0.3) is 5.69 Å². The molecule has 4 nitrogen and oxygen atoms in total. The summed E-state index contributed by atoms with van der Waals surface area (Å²) < 4.78 is 24.6. The molecule has 0 aliphatic rings. The molecular weight excluding hydrogens is 236 g/mol. The van der Waals surface area contributed by atoms with E-state index in [4.69, 9.17) is 0 Å². The van der Waals surface area contributed by atoms with Gasteiger partial charge in [-0.1, -0.05) is 0 Å². The van der Waals surface area contributed by atoms with E-state index in [9.17, 15) is 8.42 Å². The van der Waals surface area contributed by atoms with Crippen LogP contribution in [-0.2, 0) is 9.84 Å². The highest BCUT2D eigenvalue weighted by atomic mass is 32.2. The summed E-state index contributed by atoms with van der Waals surface area (Å²) in [5.74, 6) is 0.884. The molecule has 0 unspecified atom stereocenters. The predicted molar refractivity (Wildman–Crippen MR) is 66.1 cm³/mol. The molecule has 0 fully saturated rings. The van der Waals surface area contributed by atoms with E-state index >= 15 is 0 Å². The Morgan fingerprint density at radius 3 is 2.12 bits per heavy atom. The van der Waals surface area contributed by atoms with Gasteiger partial charge in [0.05, 0.1) is 10.6 Å². The minimum atomic E-state index is -3.13. The summed E-state index contributed by atoms with van der Waals surface area (Å²) in [4.78, 5) is 4.63. The maximum Gasteiger partial charge on any atom is 0.175 e. The van der Waals surface area contributed by atoms with Crippen molar-refractivity contribution in [3.63, 3.8) is 0 Å². The summed E-state index contributed by atoms with van der Waals surface area (Å²) in [7, 11) is -3.13. The first-order chi connectivity index (χ1) is 7.88. The van der Waals surface area contributed by atoms with Crippen molar-refractivity contribution in [1.29, 1.82) is 0 Å². The van der Waals surface area contributed by atoms with Gasteiger partial charge in [-0.05, 0) is 38.1 Å². The molecule has 17 heavy (non-hydrogen) atoms. The summed E-state index contributed by atoms with van der Waals surface area (Å²) in [5, 5.41) is 0. The minimum Gasteiger partial charge on any atom is -0.304 e. The second-order valence-corrected chi connectivity index (χ2v) is 6.08. The topological polar surface area (TPSA) is 52.0 Å². The quantitative estimate of drug-likeness (QED) is 0.818. The third kappa shape index (κ3) is 2.39. The van der Waals surface area contributed by atoms with Crippen LogP contribution in [0.1, 0.15) is 11.5 Å². The standard InChI is InChI=1S/C12H14N2O2S/c1-9-8-14(10(2)13-9)11-4-6-12(7-5-11)17(3,15)16/h4-8H,1-3H3. The van der Waals surface area contributed by atoms with Crippen LogP contribution in [0.2, 0.25) is 0 Å². The smallest absolute Gasteiger partial charge is 0.175 e. The largest absolute Gasteiger partial charge is 0.304 e. The van der Waals surface area contributed by atoms with Gasteiger partial charge in [0.25, 0.3) is 0 Å². The molecule has 2 aromatic rings. The molecule has 1 heterocycles. The molecule has 0 amide bonds. The maximum absolute atomic E-state index is 11.3. The van der Waals surface area contributed by atoms with Gasteiger partial charge in [0.2, 0.25) is 0 Å². The monoisotopic (exact) mass is 250 g/mol. The second-order valence-electron chi connectivity index (χ2n) is 4.07. The van der Waals surface area contributed by atoms with Crippen molar-refractivity contribution in [1.82, 2.24) is 9.55 Å². The maximum atomic E-state index is 11.3. The summed E-state index contributed by atoms with van der Waals surface area (Å²) in [5.41, 5.74) is 1.85. The number of sulfone groups is 1. The molecule has 90 valence electrons. The van der Waals surface area contributed by atoms with E-state index in [0.29, 0.717) is 4.90 Å². The lowest BCUT2D eigenvalue weighted by atomic mass is 10.3. The van der Waals surface area contributed by atoms with Crippen molar-refractivity contribution in [2.45, 2.75) is 18.7 Å². The number of hydrogen-bond donors (Lipinski definition) is 0. The van der Waals surface area contributed by atoms with Crippen molar-refractivity contribution in [3.8, 4) is 5.69 Å². The Morgan fingerprint density at radius 2 is 1.71 bits per heavy atom. The number of imidazole rings is 1. The molecule has 1 aromatic carbocycles. The van der Waals surface area contributed by atoms with Gasteiger partial charge >= 0.3 is 0 Å². The highest BCUT2D eigenvalue weighted by Gasteiger charge is 2.08. The zero-order valence-corrected chi connectivity index (χ0v) is 10.8. The lowest BCUT2D eigenvalue weighted by Crippen LogP contribution is -1.99. The van der Waals surface area contributed by atoms with E-state index in [1.807, 2.05) is 24.6 Å². The van der Waals surface area contributed by atoms with Gasteiger partial charge in [-0.15, -0.1) is 0 Å². The molecule has 1 aromatic heterocycles. The van der Waals surface area contributed by atoms with Crippen LogP contribution in [0, 0.1) is 13.8 Å². The molecule has 2 rings (SSSR count). The van der Waals surface area contributed by atoms with Crippen molar-refractivity contribution >= 4 is 9.84 Å². The molecule has 0 bridgehead atoms. The third-order valence-electron chi connectivity index (χ3n) is 2.55. The molecule has 0 aliphatic carbocycles. The fourth-order valence-corrected chi connectivity index (χ4v) is 2.36. The molecule has 0 N–H and O–H groups in total. The summed E-state index contributed by atoms with van der Waals surface area (Å²) >= 11 is 0. The number of aromatic nitrogens is 2. The minimum absolute atomic E-state index is 0.329. The number of aryl methyl sites for hydroxylation is 2. The normalized spacial score (nSPS) is 11.7. The SMILES string of the molecule is Cc1cn(-c2ccc(S(C)(=O)=O)cc2)c(C)n1. The highest BCUT2D eigenvalue weighted by molar-refractivity contribution is 7.90. The zero-order valence-electron chi connectivity index (χ0n) is 10.0. The van der Waals surface area contributed by atoms with Crippen molar-refractivity contribution in [2.24, 2.45) is 0 Å². The molecule has 0 atom stereocenters. The zero-order chi connectivity index (χ0) is 12.6. The summed E-state index contributed by atoms with van der Waals surface area (Å²) in [6.07, 6.45) is 3.12. The van der Waals surface area contributed by atoms with Crippen LogP contribution in [0.15, 0.2) is 35.4 Å². The van der Waals surface area contributed by atoms with Crippen LogP contribution in [-0.4, -0.2) is 24.2 Å². The van der Waals surface area contributed by atoms with Gasteiger partial charge in [0.1, 0.15) is 5.82 Å². The Balaban J connectivity index is 2.46. The van der Waals surface area contributed by atoms with Gasteiger partial charge in [-0.3, -0.25) is 0 Å². The van der Waals surface area contributed by atoms with Crippen LogP contribution in [0.4, 0.5) is 0 Å². The fourth-order valence-electron chi connectivity index (χ4n) is 1.73. The van der Waals surface area contributed by atoms with Crippen molar-refractivity contribution in [2.75, 3.05) is 6.26 Å². The van der Waals surface area contributed by atoms with E-state index in [1.54, 1.807) is 24.3 Å². The Bertz CT molecular complexity index is 640. The fraction of sp³-hybridized carbons (Fsp3) is 0.250. The number of benzene rings is 1. The van der Waals surface area contributed by atoms with Crippen LogP contribution in [0.5, 0.6) is 0 Å². The average Bonchev–Trinajstić information content (AvgIpc) is 2.57. The van der Waals surface area contributed by atoms with Gasteiger partial charge in [-0.25, -0.2) is 13.4 Å². The lowest BCUT2D eigenvalue weighted by molar-refractivity contribution is 0.602.